The molecule has 1 aliphatic rings. The van der Waals surface area contributed by atoms with Crippen LogP contribution in [-0.4, -0.2) is 49.2 Å². The van der Waals surface area contributed by atoms with Gasteiger partial charge >= 0.3 is 5.97 Å². The van der Waals surface area contributed by atoms with Gasteiger partial charge in [-0.1, -0.05) is 31.2 Å². The Balaban J connectivity index is 1.56. The molecular weight excluding hydrogens is 412 g/mol. The molecule has 4 rings (SSSR count). The number of carbonyl (C=O) groups excluding carboxylic acids is 1. The van der Waals surface area contributed by atoms with Gasteiger partial charge in [0, 0.05) is 17.7 Å². The summed E-state index contributed by atoms with van der Waals surface area (Å²) in [6.45, 7) is 3.97. The molecule has 0 bridgehead atoms. The van der Waals surface area contributed by atoms with Crippen LogP contribution >= 0.6 is 0 Å². The van der Waals surface area contributed by atoms with Crippen molar-refractivity contribution in [3.05, 3.63) is 47.9 Å². The number of aliphatic carboxylic acids is 1. The summed E-state index contributed by atoms with van der Waals surface area (Å²) < 4.78 is 5.48. The van der Waals surface area contributed by atoms with Gasteiger partial charge in [-0.15, -0.1) is 10.2 Å². The number of hydrogen-bond acceptors (Lipinski definition) is 7. The van der Waals surface area contributed by atoms with E-state index in [9.17, 15) is 14.7 Å². The standard InChI is InChI=1S/C22H24N6O4/c1-12(2)7-16(22(30)31)15(21-25-27-28-26-21)8-13-3-5-17(23-10-13)14-4-6-18-19(9-14)32-11-20(29)24-18/h3-6,9-10,12,15-16H,7-8,11H2,1-2H3,(H,24,29)(H,30,31)(H,25,26,27,28). The van der Waals surface area contributed by atoms with E-state index in [-0.39, 0.29) is 18.4 Å². The first-order valence-electron chi connectivity index (χ1n) is 10.4. The van der Waals surface area contributed by atoms with Crippen LogP contribution in [0.2, 0.25) is 0 Å². The van der Waals surface area contributed by atoms with Gasteiger partial charge in [0.1, 0.15) is 5.75 Å². The van der Waals surface area contributed by atoms with Crippen molar-refractivity contribution in [3.8, 4) is 17.0 Å². The molecule has 0 saturated heterocycles. The summed E-state index contributed by atoms with van der Waals surface area (Å²) in [5.41, 5.74) is 3.10. The van der Waals surface area contributed by atoms with E-state index in [2.05, 4.69) is 30.9 Å². The first-order chi connectivity index (χ1) is 15.4. The van der Waals surface area contributed by atoms with Crippen LogP contribution in [0.15, 0.2) is 36.5 Å². The number of nitrogens with zero attached hydrogens (tertiary/aromatic N) is 4. The van der Waals surface area contributed by atoms with Crippen molar-refractivity contribution in [3.63, 3.8) is 0 Å². The molecule has 0 fully saturated rings. The molecule has 0 saturated carbocycles. The number of hydrogen-bond donors (Lipinski definition) is 3. The number of carbonyl (C=O) groups is 2. The molecule has 3 heterocycles. The van der Waals surface area contributed by atoms with E-state index < -0.39 is 17.8 Å². The van der Waals surface area contributed by atoms with E-state index in [1.54, 1.807) is 12.3 Å². The molecule has 10 heteroatoms. The quantitative estimate of drug-likeness (QED) is 0.489. The topological polar surface area (TPSA) is 143 Å². The van der Waals surface area contributed by atoms with Gasteiger partial charge in [0.05, 0.1) is 17.3 Å². The summed E-state index contributed by atoms with van der Waals surface area (Å²) in [7, 11) is 0. The van der Waals surface area contributed by atoms with Crippen LogP contribution in [0, 0.1) is 11.8 Å². The Morgan fingerprint density at radius 2 is 2.09 bits per heavy atom. The van der Waals surface area contributed by atoms with E-state index >= 15 is 0 Å². The number of nitrogens with one attached hydrogen (secondary N) is 2. The van der Waals surface area contributed by atoms with Crippen molar-refractivity contribution < 1.29 is 19.4 Å². The molecule has 3 aromatic rings. The lowest BCUT2D eigenvalue weighted by molar-refractivity contribution is -0.143. The Hall–Kier alpha value is -3.82. The summed E-state index contributed by atoms with van der Waals surface area (Å²) in [6, 6.07) is 9.28. The van der Waals surface area contributed by atoms with E-state index in [0.717, 1.165) is 16.8 Å². The van der Waals surface area contributed by atoms with Crippen molar-refractivity contribution in [2.45, 2.75) is 32.6 Å². The molecule has 10 nitrogen and oxygen atoms in total. The molecule has 166 valence electrons. The number of amides is 1. The van der Waals surface area contributed by atoms with Crippen LogP contribution in [0.1, 0.15) is 37.6 Å². The van der Waals surface area contributed by atoms with Gasteiger partial charge in [-0.3, -0.25) is 14.6 Å². The number of aromatic amines is 1. The summed E-state index contributed by atoms with van der Waals surface area (Å²) in [5.74, 6) is -0.927. The molecule has 2 unspecified atom stereocenters. The maximum atomic E-state index is 12.0. The van der Waals surface area contributed by atoms with Gasteiger partial charge in [0.25, 0.3) is 5.91 Å². The lowest BCUT2D eigenvalue weighted by Crippen LogP contribution is -2.26. The average Bonchev–Trinajstić information content (AvgIpc) is 3.30. The highest BCUT2D eigenvalue weighted by atomic mass is 16.5. The number of aromatic nitrogens is 5. The van der Waals surface area contributed by atoms with E-state index in [1.165, 1.54) is 0 Å². The first-order valence-corrected chi connectivity index (χ1v) is 10.4. The predicted octanol–water partition coefficient (Wildman–Crippen LogP) is 2.67. The van der Waals surface area contributed by atoms with Crippen LogP contribution in [-0.2, 0) is 16.0 Å². The summed E-state index contributed by atoms with van der Waals surface area (Å²) >= 11 is 0. The molecule has 1 aromatic carbocycles. The zero-order valence-electron chi connectivity index (χ0n) is 17.8. The number of H-pyrrole nitrogens is 1. The molecular formula is C22H24N6O4. The average molecular weight is 436 g/mol. The van der Waals surface area contributed by atoms with Crippen molar-refractivity contribution in [2.75, 3.05) is 11.9 Å². The van der Waals surface area contributed by atoms with Crippen LogP contribution < -0.4 is 10.1 Å². The van der Waals surface area contributed by atoms with Crippen molar-refractivity contribution in [1.82, 2.24) is 25.6 Å². The predicted molar refractivity (Wildman–Crippen MR) is 115 cm³/mol. The maximum Gasteiger partial charge on any atom is 0.307 e. The van der Waals surface area contributed by atoms with Gasteiger partial charge in [0.15, 0.2) is 12.4 Å². The van der Waals surface area contributed by atoms with Gasteiger partial charge in [0.2, 0.25) is 0 Å². The number of carboxylic acids is 1. The summed E-state index contributed by atoms with van der Waals surface area (Å²) in [6.07, 6.45) is 2.67. The monoisotopic (exact) mass is 436 g/mol. The van der Waals surface area contributed by atoms with E-state index in [4.69, 9.17) is 4.74 Å². The van der Waals surface area contributed by atoms with Gasteiger partial charge < -0.3 is 15.2 Å². The number of carboxylic acid groups (broad SMARTS) is 1. The fourth-order valence-electron chi connectivity index (χ4n) is 3.89. The molecule has 2 atom stereocenters. The first kappa shape index (κ1) is 21.4. The zero-order chi connectivity index (χ0) is 22.7. The lowest BCUT2D eigenvalue weighted by atomic mass is 9.81. The normalized spacial score (nSPS) is 14.9. The van der Waals surface area contributed by atoms with Crippen molar-refractivity contribution >= 4 is 17.6 Å². The number of fused-ring (bicyclic) bond motifs is 1. The molecule has 2 aromatic heterocycles. The number of benzene rings is 1. The highest BCUT2D eigenvalue weighted by Crippen LogP contribution is 2.33. The highest BCUT2D eigenvalue weighted by molar-refractivity contribution is 5.95. The molecule has 1 amide bonds. The Morgan fingerprint density at radius 1 is 1.25 bits per heavy atom. The molecule has 0 radical (unpaired) electrons. The van der Waals surface area contributed by atoms with Gasteiger partial charge in [-0.2, -0.15) is 5.21 Å². The minimum absolute atomic E-state index is 0.0125. The third-order valence-corrected chi connectivity index (χ3v) is 5.41. The van der Waals surface area contributed by atoms with Gasteiger partial charge in [-0.25, -0.2) is 0 Å². The van der Waals surface area contributed by atoms with Crippen LogP contribution in [0.3, 0.4) is 0 Å². The Labute approximate surface area is 184 Å². The number of rotatable bonds is 8. The summed E-state index contributed by atoms with van der Waals surface area (Å²) in [4.78, 5) is 28.0. The third kappa shape index (κ3) is 4.74. The molecule has 1 aliphatic heterocycles. The van der Waals surface area contributed by atoms with E-state index in [1.807, 2.05) is 38.1 Å². The molecule has 0 spiro atoms. The number of tetrazole rings is 1. The second-order valence-electron chi connectivity index (χ2n) is 8.25. The largest absolute Gasteiger partial charge is 0.482 e. The van der Waals surface area contributed by atoms with E-state index in [0.29, 0.717) is 30.1 Å². The fraction of sp³-hybridized carbons (Fsp3) is 0.364. The van der Waals surface area contributed by atoms with Crippen molar-refractivity contribution in [2.24, 2.45) is 11.8 Å². The highest BCUT2D eigenvalue weighted by Gasteiger charge is 2.33. The minimum atomic E-state index is -0.876. The molecule has 0 aliphatic carbocycles. The van der Waals surface area contributed by atoms with Crippen molar-refractivity contribution in [1.29, 1.82) is 0 Å². The van der Waals surface area contributed by atoms with Crippen LogP contribution in [0.5, 0.6) is 5.75 Å². The number of pyridine rings is 1. The Bertz CT molecular complexity index is 1100. The van der Waals surface area contributed by atoms with Crippen LogP contribution in [0.25, 0.3) is 11.3 Å². The number of anilines is 1. The SMILES string of the molecule is CC(C)CC(C(=O)O)C(Cc1ccc(-c2ccc3c(c2)OCC(=O)N3)nc1)c1nn[nH]n1. The second kappa shape index (κ2) is 9.13. The lowest BCUT2D eigenvalue weighted by Gasteiger charge is -2.23. The smallest absolute Gasteiger partial charge is 0.307 e. The molecule has 32 heavy (non-hydrogen) atoms. The second-order valence-corrected chi connectivity index (χ2v) is 8.25. The summed E-state index contributed by atoms with van der Waals surface area (Å²) in [5, 5.41) is 26.8. The fourth-order valence-corrected chi connectivity index (χ4v) is 3.89. The van der Waals surface area contributed by atoms with Gasteiger partial charge in [-0.05, 0) is 42.5 Å². The molecule has 3 N–H and O–H groups in total. The maximum absolute atomic E-state index is 12.0. The minimum Gasteiger partial charge on any atom is -0.482 e. The van der Waals surface area contributed by atoms with Crippen LogP contribution in [0.4, 0.5) is 5.69 Å². The Kier molecular flexibility index (Phi) is 6.11. The zero-order valence-corrected chi connectivity index (χ0v) is 17.8. The third-order valence-electron chi connectivity index (χ3n) is 5.41. The Morgan fingerprint density at radius 3 is 2.75 bits per heavy atom. The number of ether oxygens (including phenoxy) is 1.